The van der Waals surface area contributed by atoms with Crippen LogP contribution in [0.5, 0.6) is 0 Å². The van der Waals surface area contributed by atoms with E-state index in [4.69, 9.17) is 5.73 Å². The lowest BCUT2D eigenvalue weighted by molar-refractivity contribution is -0.145. The summed E-state index contributed by atoms with van der Waals surface area (Å²) in [6.07, 6.45) is 1.85. The van der Waals surface area contributed by atoms with E-state index in [0.29, 0.717) is 25.8 Å². The Labute approximate surface area is 188 Å². The number of hydrogen-bond acceptors (Lipinski definition) is 5. The van der Waals surface area contributed by atoms with Gasteiger partial charge in [0, 0.05) is 13.0 Å². The molecule has 0 radical (unpaired) electrons. The Kier molecular flexibility index (Phi) is 9.19. The van der Waals surface area contributed by atoms with Gasteiger partial charge >= 0.3 is 5.97 Å². The lowest BCUT2D eigenvalue weighted by Crippen LogP contribution is -2.58. The number of nitrogens with zero attached hydrogens (tertiary/aromatic N) is 1. The van der Waals surface area contributed by atoms with Gasteiger partial charge in [0.05, 0.1) is 6.04 Å². The maximum Gasteiger partial charge on any atom is 0.326 e. The summed E-state index contributed by atoms with van der Waals surface area (Å²) < 4.78 is 0. The molecule has 0 spiro atoms. The molecule has 32 heavy (non-hydrogen) atoms. The fourth-order valence-corrected chi connectivity index (χ4v) is 3.77. The van der Waals surface area contributed by atoms with Crippen molar-refractivity contribution in [3.63, 3.8) is 0 Å². The lowest BCUT2D eigenvalue weighted by Gasteiger charge is -2.32. The molecule has 1 aliphatic heterocycles. The second-order valence-electron chi connectivity index (χ2n) is 8.44. The Balaban J connectivity index is 2.13. The molecular weight excluding hydrogens is 412 g/mol. The molecule has 176 valence electrons. The highest BCUT2D eigenvalue weighted by atomic mass is 16.4. The zero-order valence-corrected chi connectivity index (χ0v) is 18.9. The van der Waals surface area contributed by atoms with Gasteiger partial charge < -0.3 is 26.4 Å². The first-order chi connectivity index (χ1) is 15.1. The molecule has 0 bridgehead atoms. The second-order valence-corrected chi connectivity index (χ2v) is 8.44. The monoisotopic (exact) mass is 446 g/mol. The summed E-state index contributed by atoms with van der Waals surface area (Å²) in [7, 11) is 0. The molecule has 5 unspecified atom stereocenters. The molecule has 1 aliphatic rings. The first-order valence-electron chi connectivity index (χ1n) is 11.1. The van der Waals surface area contributed by atoms with Crippen molar-refractivity contribution < 1.29 is 24.3 Å². The van der Waals surface area contributed by atoms with Crippen LogP contribution in [-0.4, -0.2) is 64.4 Å². The van der Waals surface area contributed by atoms with Gasteiger partial charge in [-0.2, -0.15) is 0 Å². The lowest BCUT2D eigenvalue weighted by atomic mass is 9.97. The maximum absolute atomic E-state index is 13.3. The smallest absolute Gasteiger partial charge is 0.326 e. The fraction of sp³-hybridized carbons (Fsp3) is 0.565. The van der Waals surface area contributed by atoms with Crippen LogP contribution in [0.4, 0.5) is 0 Å². The van der Waals surface area contributed by atoms with Gasteiger partial charge in [-0.15, -0.1) is 0 Å². The topological polar surface area (TPSA) is 142 Å². The van der Waals surface area contributed by atoms with Crippen LogP contribution in [0, 0.1) is 5.92 Å². The summed E-state index contributed by atoms with van der Waals surface area (Å²) in [6, 6.07) is 5.59. The molecule has 0 aliphatic carbocycles. The van der Waals surface area contributed by atoms with E-state index in [1.54, 1.807) is 31.2 Å². The molecular formula is C23H34N4O5. The number of carbonyl (C=O) groups excluding carboxylic acids is 3. The van der Waals surface area contributed by atoms with E-state index in [-0.39, 0.29) is 18.2 Å². The van der Waals surface area contributed by atoms with Crippen LogP contribution in [0.25, 0.3) is 0 Å². The minimum atomic E-state index is -1.14. The summed E-state index contributed by atoms with van der Waals surface area (Å²) in [6.45, 7) is 5.68. The molecule has 3 amide bonds. The van der Waals surface area contributed by atoms with E-state index in [2.05, 4.69) is 10.6 Å². The van der Waals surface area contributed by atoms with Crippen molar-refractivity contribution >= 4 is 23.7 Å². The third-order valence-corrected chi connectivity index (χ3v) is 5.93. The number of likely N-dealkylation sites (tertiary alicyclic amines) is 1. The number of hydrogen-bond donors (Lipinski definition) is 4. The van der Waals surface area contributed by atoms with Crippen LogP contribution in [0.3, 0.4) is 0 Å². The predicted molar refractivity (Wildman–Crippen MR) is 119 cm³/mol. The second kappa shape index (κ2) is 11.6. The molecule has 9 heteroatoms. The molecule has 1 aromatic carbocycles. The van der Waals surface area contributed by atoms with Crippen molar-refractivity contribution in [2.75, 3.05) is 6.54 Å². The summed E-state index contributed by atoms with van der Waals surface area (Å²) in [5.74, 6) is -2.57. The Morgan fingerprint density at radius 3 is 2.38 bits per heavy atom. The Morgan fingerprint density at radius 2 is 1.81 bits per heavy atom. The first-order valence-corrected chi connectivity index (χ1v) is 11.1. The number of benzene rings is 1. The van der Waals surface area contributed by atoms with Crippen LogP contribution in [0.2, 0.25) is 0 Å². The predicted octanol–water partition coefficient (Wildman–Crippen LogP) is 0.668. The van der Waals surface area contributed by atoms with Crippen molar-refractivity contribution in [1.82, 2.24) is 15.5 Å². The van der Waals surface area contributed by atoms with Crippen LogP contribution in [0.15, 0.2) is 30.3 Å². The average molecular weight is 447 g/mol. The number of carboxylic acids is 1. The van der Waals surface area contributed by atoms with Gasteiger partial charge in [0.15, 0.2) is 0 Å². The van der Waals surface area contributed by atoms with Gasteiger partial charge in [-0.05, 0) is 31.2 Å². The van der Waals surface area contributed by atoms with Crippen LogP contribution >= 0.6 is 0 Å². The number of nitrogens with one attached hydrogen (secondary N) is 2. The maximum atomic E-state index is 13.3. The van der Waals surface area contributed by atoms with Gasteiger partial charge in [-0.1, -0.05) is 50.6 Å². The third kappa shape index (κ3) is 6.53. The SMILES string of the molecule is CCC(C)C(NC(=O)C(C)N)C(=O)N1CCCC1C(=O)NC(Cc1ccccc1)C(=O)O. The number of carboxylic acid groups (broad SMARTS) is 1. The van der Waals surface area contributed by atoms with Crippen LogP contribution in [-0.2, 0) is 25.6 Å². The van der Waals surface area contributed by atoms with Gasteiger partial charge in [0.25, 0.3) is 0 Å². The van der Waals surface area contributed by atoms with E-state index in [0.717, 1.165) is 5.56 Å². The van der Waals surface area contributed by atoms with Gasteiger partial charge in [0.1, 0.15) is 18.1 Å². The molecule has 1 fully saturated rings. The standard InChI is InChI=1S/C23H34N4O5/c1-4-14(2)19(26-20(28)15(3)24)22(30)27-12-8-11-18(27)21(29)25-17(23(31)32)13-16-9-6-5-7-10-16/h5-7,9-10,14-15,17-19H,4,8,11-13,24H2,1-3H3,(H,25,29)(H,26,28)(H,31,32). The van der Waals surface area contributed by atoms with Gasteiger partial charge in [0.2, 0.25) is 17.7 Å². The van der Waals surface area contributed by atoms with E-state index >= 15 is 0 Å². The van der Waals surface area contributed by atoms with Gasteiger partial charge in [-0.3, -0.25) is 14.4 Å². The third-order valence-electron chi connectivity index (χ3n) is 5.93. The molecule has 5 N–H and O–H groups in total. The van der Waals surface area contributed by atoms with E-state index in [1.165, 1.54) is 4.90 Å². The fourth-order valence-electron chi connectivity index (χ4n) is 3.77. The number of carbonyl (C=O) groups is 4. The first kappa shape index (κ1) is 25.3. The quantitative estimate of drug-likeness (QED) is 0.416. The molecule has 1 saturated heterocycles. The van der Waals surface area contributed by atoms with Crippen LogP contribution in [0.1, 0.15) is 45.6 Å². The van der Waals surface area contributed by atoms with Crippen molar-refractivity contribution in [2.45, 2.75) is 70.6 Å². The summed E-state index contributed by atoms with van der Waals surface area (Å²) in [5.41, 5.74) is 6.43. The average Bonchev–Trinajstić information content (AvgIpc) is 3.26. The van der Waals surface area contributed by atoms with Crippen molar-refractivity contribution in [2.24, 2.45) is 11.7 Å². The number of rotatable bonds is 10. The van der Waals surface area contributed by atoms with Crippen molar-refractivity contribution in [3.8, 4) is 0 Å². The Bertz CT molecular complexity index is 814. The highest BCUT2D eigenvalue weighted by Gasteiger charge is 2.40. The normalized spacial score (nSPS) is 19.5. The van der Waals surface area contributed by atoms with Crippen molar-refractivity contribution in [1.29, 1.82) is 0 Å². The molecule has 9 nitrogen and oxygen atoms in total. The molecule has 5 atom stereocenters. The molecule has 1 heterocycles. The van der Waals surface area contributed by atoms with E-state index < -0.39 is 42.0 Å². The minimum absolute atomic E-state index is 0.141. The summed E-state index contributed by atoms with van der Waals surface area (Å²) in [5, 5.41) is 14.9. The highest BCUT2D eigenvalue weighted by Crippen LogP contribution is 2.22. The Hall–Kier alpha value is -2.94. The summed E-state index contributed by atoms with van der Waals surface area (Å²) >= 11 is 0. The number of nitrogens with two attached hydrogens (primary N) is 1. The minimum Gasteiger partial charge on any atom is -0.480 e. The van der Waals surface area contributed by atoms with Crippen LogP contribution < -0.4 is 16.4 Å². The molecule has 1 aromatic rings. The zero-order chi connectivity index (χ0) is 23.8. The number of aliphatic carboxylic acids is 1. The van der Waals surface area contributed by atoms with E-state index in [9.17, 15) is 24.3 Å². The number of amides is 3. The molecule has 0 aromatic heterocycles. The largest absolute Gasteiger partial charge is 0.480 e. The van der Waals surface area contributed by atoms with E-state index in [1.807, 2.05) is 19.9 Å². The zero-order valence-electron chi connectivity index (χ0n) is 18.9. The molecule has 0 saturated carbocycles. The highest BCUT2D eigenvalue weighted by molar-refractivity contribution is 5.94. The van der Waals surface area contributed by atoms with Gasteiger partial charge in [-0.25, -0.2) is 4.79 Å². The Morgan fingerprint density at radius 1 is 1.16 bits per heavy atom. The summed E-state index contributed by atoms with van der Waals surface area (Å²) in [4.78, 5) is 51.6. The molecule has 2 rings (SSSR count). The van der Waals surface area contributed by atoms with Crippen molar-refractivity contribution in [3.05, 3.63) is 35.9 Å².